The number of hydrogen-bond donors (Lipinski definition) is 1. The highest BCUT2D eigenvalue weighted by Crippen LogP contribution is 2.57. The Bertz CT molecular complexity index is 607. The molecule has 1 amide bonds. The van der Waals surface area contributed by atoms with Gasteiger partial charge in [-0.05, 0) is 19.4 Å². The maximum Gasteiger partial charge on any atom is 0.408 e. The third kappa shape index (κ3) is 5.96. The van der Waals surface area contributed by atoms with E-state index in [0.717, 1.165) is 0 Å². The van der Waals surface area contributed by atoms with Crippen LogP contribution in [0.1, 0.15) is 19.4 Å². The van der Waals surface area contributed by atoms with E-state index in [-0.39, 0.29) is 19.8 Å². The zero-order chi connectivity index (χ0) is 19.8. The summed E-state index contributed by atoms with van der Waals surface area (Å²) < 4.78 is 80.1. The van der Waals surface area contributed by atoms with Crippen molar-refractivity contribution in [2.75, 3.05) is 13.2 Å². The number of benzene rings is 1. The lowest BCUT2D eigenvalue weighted by Gasteiger charge is -2.31. The summed E-state index contributed by atoms with van der Waals surface area (Å²) in [4.78, 5) is 11.8. The van der Waals surface area contributed by atoms with Crippen LogP contribution in [0.2, 0.25) is 0 Å². The minimum absolute atomic E-state index is 0.298. The van der Waals surface area contributed by atoms with Gasteiger partial charge in [0.2, 0.25) is 5.78 Å². The number of rotatable bonds is 10. The Balaban J connectivity index is 2.97. The van der Waals surface area contributed by atoms with Crippen LogP contribution in [-0.2, 0) is 25.0 Å². The molecule has 6 nitrogen and oxygen atoms in total. The van der Waals surface area contributed by atoms with Crippen molar-refractivity contribution in [3.63, 3.8) is 0 Å². The second-order valence-corrected chi connectivity index (χ2v) is 7.07. The van der Waals surface area contributed by atoms with Gasteiger partial charge in [-0.3, -0.25) is 4.57 Å². The number of halogens is 4. The van der Waals surface area contributed by atoms with Crippen molar-refractivity contribution < 1.29 is 40.7 Å². The van der Waals surface area contributed by atoms with Crippen molar-refractivity contribution in [2.24, 2.45) is 0 Å². The van der Waals surface area contributed by atoms with Crippen LogP contribution in [0.25, 0.3) is 0 Å². The summed E-state index contributed by atoms with van der Waals surface area (Å²) in [6.45, 7) is 1.63. The lowest BCUT2D eigenvalue weighted by Crippen LogP contribution is -2.51. The highest BCUT2D eigenvalue weighted by atomic mass is 31.2. The predicted molar refractivity (Wildman–Crippen MR) is 85.4 cm³/mol. The van der Waals surface area contributed by atoms with Crippen LogP contribution in [0.4, 0.5) is 22.4 Å². The van der Waals surface area contributed by atoms with Crippen LogP contribution >= 0.6 is 7.60 Å². The average Bonchev–Trinajstić information content (AvgIpc) is 2.58. The predicted octanol–water partition coefficient (Wildman–Crippen LogP) is 4.41. The molecule has 11 heteroatoms. The van der Waals surface area contributed by atoms with E-state index in [4.69, 9.17) is 4.74 Å². The standard InChI is InChI=1S/C15H20F4NO5P/c1-3-24-26(22,25-4-2)13(15(18,19)12(16)17)20-14(21)23-10-11-8-6-5-7-9-11/h5-9,12-13H,3-4,10H2,1-2H3,(H,20,21). The topological polar surface area (TPSA) is 73.9 Å². The Kier molecular flexibility index (Phi) is 8.52. The van der Waals surface area contributed by atoms with E-state index >= 15 is 0 Å². The Morgan fingerprint density at radius 3 is 2.15 bits per heavy atom. The summed E-state index contributed by atoms with van der Waals surface area (Å²) in [5.41, 5.74) is 0.539. The molecule has 1 unspecified atom stereocenters. The smallest absolute Gasteiger partial charge is 0.408 e. The Labute approximate surface area is 148 Å². The number of alkyl halides is 4. The lowest BCUT2D eigenvalue weighted by molar-refractivity contribution is -0.137. The highest BCUT2D eigenvalue weighted by Gasteiger charge is 2.59. The van der Waals surface area contributed by atoms with Gasteiger partial charge in [-0.15, -0.1) is 0 Å². The van der Waals surface area contributed by atoms with Crippen molar-refractivity contribution in [3.8, 4) is 0 Å². The number of amides is 1. The number of carbonyl (C=O) groups is 1. The number of alkyl carbamates (subject to hydrolysis) is 1. The number of nitrogens with one attached hydrogen (secondary N) is 1. The van der Waals surface area contributed by atoms with E-state index in [1.165, 1.54) is 19.2 Å². The van der Waals surface area contributed by atoms with Crippen molar-refractivity contribution in [2.45, 2.75) is 38.6 Å². The van der Waals surface area contributed by atoms with Gasteiger partial charge in [0.15, 0.2) is 0 Å². The molecular weight excluding hydrogens is 381 g/mol. The van der Waals surface area contributed by atoms with Gasteiger partial charge in [-0.25, -0.2) is 13.6 Å². The first-order valence-corrected chi connectivity index (χ1v) is 9.30. The molecule has 148 valence electrons. The number of ether oxygens (including phenoxy) is 1. The van der Waals surface area contributed by atoms with Crippen LogP contribution in [0.15, 0.2) is 30.3 Å². The molecule has 0 bridgehead atoms. The van der Waals surface area contributed by atoms with Gasteiger partial charge in [0, 0.05) is 0 Å². The fourth-order valence-electron chi connectivity index (χ4n) is 1.93. The van der Waals surface area contributed by atoms with E-state index < -0.39 is 31.8 Å². The van der Waals surface area contributed by atoms with Crippen LogP contribution in [0.5, 0.6) is 0 Å². The van der Waals surface area contributed by atoms with Gasteiger partial charge in [0.05, 0.1) is 13.2 Å². The molecule has 1 aromatic rings. The molecule has 0 saturated heterocycles. The largest absolute Gasteiger partial charge is 0.445 e. The van der Waals surface area contributed by atoms with Gasteiger partial charge in [-0.2, -0.15) is 8.78 Å². The maximum atomic E-state index is 13.9. The zero-order valence-corrected chi connectivity index (χ0v) is 15.1. The quantitative estimate of drug-likeness (QED) is 0.465. The van der Waals surface area contributed by atoms with Crippen molar-refractivity contribution in [1.82, 2.24) is 5.32 Å². The molecule has 0 radical (unpaired) electrons. The Morgan fingerprint density at radius 1 is 1.15 bits per heavy atom. The third-order valence-electron chi connectivity index (χ3n) is 3.06. The fourth-order valence-corrected chi connectivity index (χ4v) is 3.82. The normalized spacial score (nSPS) is 13.5. The highest BCUT2D eigenvalue weighted by molar-refractivity contribution is 7.54. The number of carbonyl (C=O) groups excluding carboxylic acids is 1. The lowest BCUT2D eigenvalue weighted by atomic mass is 10.2. The van der Waals surface area contributed by atoms with Crippen molar-refractivity contribution in [3.05, 3.63) is 35.9 Å². The van der Waals surface area contributed by atoms with Crippen LogP contribution in [-0.4, -0.2) is 37.4 Å². The Hall–Kier alpha value is -1.64. The maximum absolute atomic E-state index is 13.9. The fraction of sp³-hybridized carbons (Fsp3) is 0.533. The number of hydrogen-bond acceptors (Lipinski definition) is 5. The summed E-state index contributed by atoms with van der Waals surface area (Å²) in [6, 6.07) is 8.22. The Morgan fingerprint density at radius 2 is 1.69 bits per heavy atom. The molecule has 1 N–H and O–H groups in total. The van der Waals surface area contributed by atoms with Gasteiger partial charge >= 0.3 is 26.0 Å². The van der Waals surface area contributed by atoms with Crippen molar-refractivity contribution in [1.29, 1.82) is 0 Å². The molecule has 1 rings (SSSR count). The van der Waals surface area contributed by atoms with E-state index in [1.807, 2.05) is 0 Å². The van der Waals surface area contributed by atoms with Crippen LogP contribution < -0.4 is 5.32 Å². The second-order valence-electron chi connectivity index (χ2n) is 4.96. The third-order valence-corrected chi connectivity index (χ3v) is 5.40. The molecule has 0 heterocycles. The molecule has 1 atom stereocenters. The van der Waals surface area contributed by atoms with E-state index in [9.17, 15) is 26.9 Å². The molecule has 0 spiro atoms. The molecule has 0 aliphatic heterocycles. The minimum Gasteiger partial charge on any atom is -0.445 e. The monoisotopic (exact) mass is 401 g/mol. The van der Waals surface area contributed by atoms with Crippen LogP contribution in [0.3, 0.4) is 0 Å². The summed E-state index contributed by atoms with van der Waals surface area (Å²) in [6.07, 6.45) is -5.67. The summed E-state index contributed by atoms with van der Waals surface area (Å²) in [5.74, 6) is -7.77. The van der Waals surface area contributed by atoms with Gasteiger partial charge in [0.25, 0.3) is 0 Å². The SMILES string of the molecule is CCOP(=O)(OCC)C(NC(=O)OCc1ccccc1)C(F)(F)C(F)F. The molecule has 0 aromatic heterocycles. The minimum atomic E-state index is -4.87. The van der Waals surface area contributed by atoms with Crippen molar-refractivity contribution >= 4 is 13.7 Å². The average molecular weight is 401 g/mol. The van der Waals surface area contributed by atoms with Gasteiger partial charge < -0.3 is 19.1 Å². The molecule has 0 saturated carbocycles. The molecule has 1 aromatic carbocycles. The molecule has 0 aliphatic rings. The first kappa shape index (κ1) is 22.4. The first-order chi connectivity index (χ1) is 12.2. The van der Waals surface area contributed by atoms with Gasteiger partial charge in [-0.1, -0.05) is 30.3 Å². The van der Waals surface area contributed by atoms with Gasteiger partial charge in [0.1, 0.15) is 6.61 Å². The second kappa shape index (κ2) is 9.89. The summed E-state index contributed by atoms with van der Waals surface area (Å²) in [5, 5.41) is 1.51. The summed E-state index contributed by atoms with van der Waals surface area (Å²) in [7, 11) is -4.80. The molecular formula is C15H20F4NO5P. The summed E-state index contributed by atoms with van der Waals surface area (Å²) >= 11 is 0. The molecule has 26 heavy (non-hydrogen) atoms. The zero-order valence-electron chi connectivity index (χ0n) is 14.2. The van der Waals surface area contributed by atoms with E-state index in [1.54, 1.807) is 30.3 Å². The molecule has 0 fully saturated rings. The first-order valence-electron chi connectivity index (χ1n) is 7.69. The van der Waals surface area contributed by atoms with E-state index in [2.05, 4.69) is 9.05 Å². The van der Waals surface area contributed by atoms with E-state index in [0.29, 0.717) is 5.56 Å². The van der Waals surface area contributed by atoms with Crippen LogP contribution in [0, 0.1) is 0 Å². The molecule has 0 aliphatic carbocycles.